The van der Waals surface area contributed by atoms with Crippen molar-refractivity contribution in [1.29, 1.82) is 0 Å². The highest BCUT2D eigenvalue weighted by Gasteiger charge is 2.30. The van der Waals surface area contributed by atoms with Gasteiger partial charge in [0.2, 0.25) is 0 Å². The van der Waals surface area contributed by atoms with E-state index in [1.807, 2.05) is 19.1 Å². The average Bonchev–Trinajstić information content (AvgIpc) is 2.70. The number of rotatable bonds is 7. The van der Waals surface area contributed by atoms with Gasteiger partial charge in [0.25, 0.3) is 5.91 Å². The number of piperidine rings is 1. The third kappa shape index (κ3) is 6.29. The van der Waals surface area contributed by atoms with Gasteiger partial charge in [0.15, 0.2) is 6.54 Å². The molecule has 154 valence electrons. The fourth-order valence-electron chi connectivity index (χ4n) is 4.04. The number of morpholine rings is 1. The Morgan fingerprint density at radius 1 is 1.14 bits per heavy atom. The number of quaternary nitrogens is 2. The van der Waals surface area contributed by atoms with Crippen LogP contribution in [0.25, 0.3) is 0 Å². The molecule has 0 bridgehead atoms. The van der Waals surface area contributed by atoms with Crippen LogP contribution in [0.2, 0.25) is 0 Å². The van der Waals surface area contributed by atoms with Crippen LogP contribution in [0.4, 0.5) is 5.69 Å². The van der Waals surface area contributed by atoms with E-state index >= 15 is 0 Å². The maximum atomic E-state index is 12.4. The lowest BCUT2D eigenvalue weighted by atomic mass is 9.98. The number of anilines is 1. The Labute approximate surface area is 167 Å². The molecule has 7 heteroatoms. The van der Waals surface area contributed by atoms with Crippen LogP contribution in [0.1, 0.15) is 25.3 Å². The maximum absolute atomic E-state index is 12.4. The van der Waals surface area contributed by atoms with E-state index in [-0.39, 0.29) is 17.8 Å². The molecule has 1 unspecified atom stereocenters. The molecule has 3 N–H and O–H groups in total. The predicted octanol–water partition coefficient (Wildman–Crippen LogP) is -1.10. The molecule has 0 aliphatic carbocycles. The first-order chi connectivity index (χ1) is 13.6. The Morgan fingerprint density at radius 2 is 1.89 bits per heavy atom. The summed E-state index contributed by atoms with van der Waals surface area (Å²) in [5, 5.41) is 2.99. The van der Waals surface area contributed by atoms with Gasteiger partial charge in [-0.1, -0.05) is 12.1 Å². The summed E-state index contributed by atoms with van der Waals surface area (Å²) in [5.74, 6) is -0.220. The number of ether oxygens (including phenoxy) is 2. The van der Waals surface area contributed by atoms with E-state index < -0.39 is 0 Å². The van der Waals surface area contributed by atoms with E-state index in [1.165, 1.54) is 10.5 Å². The molecule has 2 aliphatic heterocycles. The number of esters is 1. The molecule has 28 heavy (non-hydrogen) atoms. The second-order valence-electron chi connectivity index (χ2n) is 7.76. The average molecular weight is 392 g/mol. The summed E-state index contributed by atoms with van der Waals surface area (Å²) < 4.78 is 10.5. The lowest BCUT2D eigenvalue weighted by molar-refractivity contribution is -0.921. The smallest absolute Gasteiger partial charge is 0.314 e. The molecule has 0 spiro atoms. The van der Waals surface area contributed by atoms with Crippen molar-refractivity contribution >= 4 is 17.6 Å². The monoisotopic (exact) mass is 391 g/mol. The number of carbonyl (C=O) groups is 2. The third-order valence-corrected chi connectivity index (χ3v) is 5.54. The molecule has 2 fully saturated rings. The standard InChI is InChI=1S/C21H31N3O4/c1-2-28-21(26)18-4-3-9-24(15-18)16-20(25)22-19-7-5-17(6-8-19)14-23-10-12-27-13-11-23/h5-8,18H,2-4,9-16H2,1H3,(H,22,25)/p+2/t18-/m1/s1. The molecule has 2 atom stereocenters. The van der Waals surface area contributed by atoms with E-state index in [1.54, 1.807) is 0 Å². The molecule has 1 amide bonds. The molecule has 1 aromatic rings. The molecule has 1 aromatic carbocycles. The zero-order chi connectivity index (χ0) is 19.8. The van der Waals surface area contributed by atoms with Crippen molar-refractivity contribution < 1.29 is 28.9 Å². The molecule has 0 saturated carbocycles. The van der Waals surface area contributed by atoms with Crippen LogP contribution in [-0.2, 0) is 25.6 Å². The quantitative estimate of drug-likeness (QED) is 0.516. The Bertz CT molecular complexity index is 644. The predicted molar refractivity (Wildman–Crippen MR) is 105 cm³/mol. The SMILES string of the molecule is CCOC(=O)[C@@H]1CCC[NH+](CC(=O)Nc2ccc(C[NH+]3CCOCC3)cc2)C1. The normalized spacial score (nSPS) is 23.2. The molecule has 2 heterocycles. The van der Waals surface area contributed by atoms with Gasteiger partial charge in [-0.2, -0.15) is 0 Å². The van der Waals surface area contributed by atoms with Crippen molar-refractivity contribution in [2.75, 3.05) is 57.9 Å². The van der Waals surface area contributed by atoms with E-state index in [0.717, 1.165) is 62.8 Å². The van der Waals surface area contributed by atoms with Crippen molar-refractivity contribution in [3.05, 3.63) is 29.8 Å². The van der Waals surface area contributed by atoms with Crippen LogP contribution in [0.15, 0.2) is 24.3 Å². The first-order valence-electron chi connectivity index (χ1n) is 10.4. The van der Waals surface area contributed by atoms with Crippen molar-refractivity contribution in [2.45, 2.75) is 26.3 Å². The van der Waals surface area contributed by atoms with Gasteiger partial charge >= 0.3 is 5.97 Å². The lowest BCUT2D eigenvalue weighted by Gasteiger charge is -2.28. The van der Waals surface area contributed by atoms with Gasteiger partial charge < -0.3 is 24.6 Å². The molecule has 0 radical (unpaired) electrons. The Kier molecular flexibility index (Phi) is 7.82. The van der Waals surface area contributed by atoms with Gasteiger partial charge in [-0.15, -0.1) is 0 Å². The summed E-state index contributed by atoms with van der Waals surface area (Å²) in [4.78, 5) is 27.1. The van der Waals surface area contributed by atoms with Gasteiger partial charge in [-0.3, -0.25) is 9.59 Å². The van der Waals surface area contributed by atoms with Crippen molar-refractivity contribution in [2.24, 2.45) is 5.92 Å². The largest absolute Gasteiger partial charge is 0.466 e. The van der Waals surface area contributed by atoms with Crippen LogP contribution >= 0.6 is 0 Å². The van der Waals surface area contributed by atoms with Crippen LogP contribution in [0, 0.1) is 5.92 Å². The number of hydrogen-bond acceptors (Lipinski definition) is 4. The van der Waals surface area contributed by atoms with Gasteiger partial charge in [-0.25, -0.2) is 0 Å². The molecule has 2 aliphatic rings. The van der Waals surface area contributed by atoms with Crippen LogP contribution in [-0.4, -0.2) is 64.4 Å². The summed E-state index contributed by atoms with van der Waals surface area (Å²) in [5.41, 5.74) is 2.10. The summed E-state index contributed by atoms with van der Waals surface area (Å²) in [6.45, 7) is 8.96. The van der Waals surface area contributed by atoms with Crippen LogP contribution in [0.3, 0.4) is 0 Å². The Balaban J connectivity index is 1.44. The third-order valence-electron chi connectivity index (χ3n) is 5.54. The number of carbonyl (C=O) groups excluding carboxylic acids is 2. The number of nitrogens with one attached hydrogen (secondary N) is 3. The number of amides is 1. The fourth-order valence-corrected chi connectivity index (χ4v) is 4.04. The topological polar surface area (TPSA) is 73.5 Å². The van der Waals surface area contributed by atoms with Gasteiger partial charge in [0.1, 0.15) is 25.6 Å². The van der Waals surface area contributed by atoms with Gasteiger partial charge in [0.05, 0.1) is 32.9 Å². The summed E-state index contributed by atoms with van der Waals surface area (Å²) >= 11 is 0. The first-order valence-corrected chi connectivity index (χ1v) is 10.4. The lowest BCUT2D eigenvalue weighted by Crippen LogP contribution is -3.14. The molecular formula is C21H33N3O4+2. The van der Waals surface area contributed by atoms with Crippen LogP contribution < -0.4 is 15.1 Å². The van der Waals surface area contributed by atoms with Crippen molar-refractivity contribution in [3.8, 4) is 0 Å². The summed E-state index contributed by atoms with van der Waals surface area (Å²) in [7, 11) is 0. The van der Waals surface area contributed by atoms with E-state index in [9.17, 15) is 9.59 Å². The van der Waals surface area contributed by atoms with Crippen molar-refractivity contribution in [3.63, 3.8) is 0 Å². The summed E-state index contributed by atoms with van der Waals surface area (Å²) in [6, 6.07) is 8.12. The second kappa shape index (κ2) is 10.5. The first kappa shape index (κ1) is 20.8. The minimum absolute atomic E-state index is 0.00827. The molecule has 3 rings (SSSR count). The van der Waals surface area contributed by atoms with E-state index in [0.29, 0.717) is 19.7 Å². The van der Waals surface area contributed by atoms with Gasteiger partial charge in [0, 0.05) is 11.3 Å². The molecule has 7 nitrogen and oxygen atoms in total. The minimum Gasteiger partial charge on any atom is -0.466 e. The molecule has 0 aromatic heterocycles. The highest BCUT2D eigenvalue weighted by atomic mass is 16.5. The minimum atomic E-state index is -0.127. The highest BCUT2D eigenvalue weighted by molar-refractivity contribution is 5.91. The van der Waals surface area contributed by atoms with E-state index in [2.05, 4.69) is 17.4 Å². The van der Waals surface area contributed by atoms with E-state index in [4.69, 9.17) is 9.47 Å². The van der Waals surface area contributed by atoms with Crippen LogP contribution in [0.5, 0.6) is 0 Å². The fraction of sp³-hybridized carbons (Fsp3) is 0.619. The zero-order valence-corrected chi connectivity index (χ0v) is 16.8. The Hall–Kier alpha value is -1.96. The van der Waals surface area contributed by atoms with Crippen molar-refractivity contribution in [1.82, 2.24) is 0 Å². The number of benzene rings is 1. The summed E-state index contributed by atoms with van der Waals surface area (Å²) in [6.07, 6.45) is 1.81. The second-order valence-corrected chi connectivity index (χ2v) is 7.76. The zero-order valence-electron chi connectivity index (χ0n) is 16.8. The maximum Gasteiger partial charge on any atom is 0.314 e. The highest BCUT2D eigenvalue weighted by Crippen LogP contribution is 2.10. The Morgan fingerprint density at radius 3 is 2.61 bits per heavy atom. The number of likely N-dealkylation sites (tertiary alicyclic amines) is 1. The van der Waals surface area contributed by atoms with Gasteiger partial charge in [-0.05, 0) is 31.9 Å². The molecule has 2 saturated heterocycles. The molecular weight excluding hydrogens is 358 g/mol. The number of hydrogen-bond donors (Lipinski definition) is 3.